The predicted molar refractivity (Wildman–Crippen MR) is 128 cm³/mol. The van der Waals surface area contributed by atoms with Crippen molar-refractivity contribution in [2.75, 3.05) is 31.1 Å². The van der Waals surface area contributed by atoms with Crippen LogP contribution in [-0.2, 0) is 4.28 Å². The summed E-state index contributed by atoms with van der Waals surface area (Å²) in [5.41, 5.74) is 2.45. The van der Waals surface area contributed by atoms with Gasteiger partial charge in [-0.25, -0.2) is 18.6 Å². The van der Waals surface area contributed by atoms with Crippen molar-refractivity contribution in [2.24, 2.45) is 0 Å². The third-order valence-corrected chi connectivity index (χ3v) is 5.99. The Balaban J connectivity index is 1.73. The fourth-order valence-corrected chi connectivity index (χ4v) is 4.06. The molecule has 0 amide bonds. The van der Waals surface area contributed by atoms with E-state index < -0.39 is 0 Å². The minimum atomic E-state index is -0.358. The number of hydrogen-bond donors (Lipinski definition) is 0. The molecule has 1 aliphatic heterocycles. The maximum absolute atomic E-state index is 13.5. The summed E-state index contributed by atoms with van der Waals surface area (Å²) >= 11 is 7.86. The molecule has 2 aromatic heterocycles. The molecule has 1 aromatic carbocycles. The Bertz CT molecular complexity index is 1160. The summed E-state index contributed by atoms with van der Waals surface area (Å²) in [7, 11) is 0. The molecule has 0 bridgehead atoms. The highest BCUT2D eigenvalue weighted by molar-refractivity contribution is 7.95. The number of halogens is 2. The molecule has 0 unspecified atom stereocenters. The average molecular weight is 485 g/mol. The van der Waals surface area contributed by atoms with Crippen LogP contribution in [0.15, 0.2) is 42.7 Å². The van der Waals surface area contributed by atoms with Gasteiger partial charge in [-0.3, -0.25) is 4.98 Å². The van der Waals surface area contributed by atoms with Crippen LogP contribution < -0.4 is 4.90 Å². The molecule has 0 atom stereocenters. The molecule has 0 N–H and O–H groups in total. The molecular weight excluding hydrogens is 463 g/mol. The van der Waals surface area contributed by atoms with Gasteiger partial charge in [0.15, 0.2) is 11.5 Å². The van der Waals surface area contributed by atoms with E-state index in [0.717, 1.165) is 0 Å². The van der Waals surface area contributed by atoms with E-state index in [1.807, 2.05) is 9.96 Å². The Labute approximate surface area is 201 Å². The van der Waals surface area contributed by atoms with Gasteiger partial charge < -0.3 is 4.90 Å². The van der Waals surface area contributed by atoms with E-state index in [-0.39, 0.29) is 11.5 Å². The highest BCUT2D eigenvalue weighted by atomic mass is 35.5. The molecule has 7 nitrogen and oxygen atoms in total. The first-order valence-electron chi connectivity index (χ1n) is 10.5. The molecule has 0 saturated carbocycles. The Morgan fingerprint density at radius 3 is 2.45 bits per heavy atom. The Morgan fingerprint density at radius 2 is 1.82 bits per heavy atom. The normalized spacial score (nSPS) is 14.5. The molecule has 1 fully saturated rings. The third-order valence-electron chi connectivity index (χ3n) is 5.01. The number of pyridine rings is 1. The van der Waals surface area contributed by atoms with Crippen LogP contribution in [0.4, 0.5) is 10.2 Å². The lowest BCUT2D eigenvalue weighted by Gasteiger charge is -2.34. The largest absolute Gasteiger partial charge is 0.351 e. The van der Waals surface area contributed by atoms with Gasteiger partial charge in [-0.05, 0) is 30.3 Å². The number of aromatic nitrogens is 3. The maximum atomic E-state index is 13.5. The van der Waals surface area contributed by atoms with E-state index in [1.165, 1.54) is 30.4 Å². The van der Waals surface area contributed by atoms with Gasteiger partial charge in [0.1, 0.15) is 17.6 Å². The number of nitrogens with zero attached hydrogens (tertiary/aromatic N) is 6. The van der Waals surface area contributed by atoms with Gasteiger partial charge in [-0.1, -0.05) is 25.4 Å². The van der Waals surface area contributed by atoms with E-state index in [1.54, 1.807) is 24.4 Å². The van der Waals surface area contributed by atoms with Crippen LogP contribution in [0.2, 0.25) is 5.02 Å². The fourth-order valence-electron chi connectivity index (χ4n) is 3.41. The van der Waals surface area contributed by atoms with Crippen molar-refractivity contribution in [2.45, 2.75) is 19.1 Å². The Hall–Kier alpha value is -2.77. The van der Waals surface area contributed by atoms with E-state index in [2.05, 4.69) is 29.9 Å². The molecule has 10 heteroatoms. The first-order valence-corrected chi connectivity index (χ1v) is 11.7. The second-order valence-corrected chi connectivity index (χ2v) is 9.39. The van der Waals surface area contributed by atoms with Crippen LogP contribution in [0.5, 0.6) is 0 Å². The lowest BCUT2D eigenvalue weighted by Crippen LogP contribution is -2.46. The quantitative estimate of drug-likeness (QED) is 0.453. The van der Waals surface area contributed by atoms with Crippen molar-refractivity contribution < 1.29 is 8.67 Å². The van der Waals surface area contributed by atoms with Crippen molar-refractivity contribution in [3.05, 3.63) is 59.3 Å². The minimum Gasteiger partial charge on any atom is -0.351 e. The van der Waals surface area contributed by atoms with Gasteiger partial charge in [0.05, 0.1) is 10.7 Å². The van der Waals surface area contributed by atoms with Crippen LogP contribution in [0.25, 0.3) is 22.5 Å². The summed E-state index contributed by atoms with van der Waals surface area (Å²) in [6, 6.07) is 9.86. The number of rotatable bonds is 6. The molecule has 3 heterocycles. The van der Waals surface area contributed by atoms with Gasteiger partial charge in [0, 0.05) is 67.0 Å². The minimum absolute atomic E-state index is 0.203. The highest BCUT2D eigenvalue weighted by Crippen LogP contribution is 2.35. The van der Waals surface area contributed by atoms with E-state index in [4.69, 9.17) is 20.9 Å². The van der Waals surface area contributed by atoms with Gasteiger partial charge in [0.25, 0.3) is 0 Å². The van der Waals surface area contributed by atoms with Crippen LogP contribution in [0.3, 0.4) is 0 Å². The number of nitriles is 1. The number of benzene rings is 1. The molecule has 1 aliphatic rings. The number of hydroxylamine groups is 2. The van der Waals surface area contributed by atoms with Crippen LogP contribution >= 0.6 is 23.6 Å². The standard InChI is InChI=1S/C23H22ClFN6OS/c1-15(2)33-32-31-11-9-30(10-12-31)23-20(13-26)28-21(16-3-5-17(25)6-4-16)22(29-23)18-7-8-27-14-19(18)24/h3-8,14-15H,9-12H2,1-2H3. The van der Waals surface area contributed by atoms with Crippen molar-refractivity contribution in [1.29, 1.82) is 5.26 Å². The smallest absolute Gasteiger partial charge is 0.183 e. The van der Waals surface area contributed by atoms with Crippen molar-refractivity contribution >= 4 is 29.5 Å². The van der Waals surface area contributed by atoms with Gasteiger partial charge in [-0.2, -0.15) is 10.3 Å². The van der Waals surface area contributed by atoms with Crippen LogP contribution in [0.1, 0.15) is 19.5 Å². The first-order chi connectivity index (χ1) is 16.0. The Morgan fingerprint density at radius 1 is 1.09 bits per heavy atom. The van der Waals surface area contributed by atoms with Crippen LogP contribution in [0, 0.1) is 17.1 Å². The molecule has 0 spiro atoms. The topological polar surface area (TPSA) is 78.2 Å². The van der Waals surface area contributed by atoms with E-state index in [0.29, 0.717) is 64.8 Å². The number of anilines is 1. The zero-order chi connectivity index (χ0) is 23.4. The molecule has 0 aliphatic carbocycles. The highest BCUT2D eigenvalue weighted by Gasteiger charge is 2.25. The summed E-state index contributed by atoms with van der Waals surface area (Å²) in [6.07, 6.45) is 3.16. The number of piperazine rings is 1. The SMILES string of the molecule is CC(C)SON1CCN(c2nc(-c3ccncc3Cl)c(-c3ccc(F)cc3)nc2C#N)CC1. The zero-order valence-electron chi connectivity index (χ0n) is 18.2. The molecule has 33 heavy (non-hydrogen) atoms. The molecule has 3 aromatic rings. The summed E-state index contributed by atoms with van der Waals surface area (Å²) in [6.45, 7) is 6.73. The third kappa shape index (κ3) is 5.42. The lowest BCUT2D eigenvalue weighted by molar-refractivity contribution is -0.0419. The second kappa shape index (κ2) is 10.4. The molecule has 0 radical (unpaired) electrons. The summed E-state index contributed by atoms with van der Waals surface area (Å²) in [4.78, 5) is 15.6. The summed E-state index contributed by atoms with van der Waals surface area (Å²) < 4.78 is 19.3. The fraction of sp³-hybridized carbons (Fsp3) is 0.304. The summed E-state index contributed by atoms with van der Waals surface area (Å²) in [5, 5.41) is 12.6. The monoisotopic (exact) mass is 484 g/mol. The van der Waals surface area contributed by atoms with Crippen LogP contribution in [-0.4, -0.2) is 51.4 Å². The van der Waals surface area contributed by atoms with E-state index in [9.17, 15) is 9.65 Å². The predicted octanol–water partition coefficient (Wildman–Crippen LogP) is 4.98. The second-order valence-electron chi connectivity index (χ2n) is 7.70. The molecular formula is C23H22ClFN6OS. The first kappa shape index (κ1) is 23.4. The van der Waals surface area contributed by atoms with Crippen molar-refractivity contribution in [3.63, 3.8) is 0 Å². The maximum Gasteiger partial charge on any atom is 0.183 e. The van der Waals surface area contributed by atoms with E-state index >= 15 is 0 Å². The molecule has 1 saturated heterocycles. The molecule has 170 valence electrons. The van der Waals surface area contributed by atoms with Gasteiger partial charge in [0.2, 0.25) is 0 Å². The molecule has 4 rings (SSSR count). The Kier molecular flexibility index (Phi) is 7.40. The lowest BCUT2D eigenvalue weighted by atomic mass is 10.0. The van der Waals surface area contributed by atoms with Gasteiger partial charge in [-0.15, -0.1) is 0 Å². The van der Waals surface area contributed by atoms with Crippen molar-refractivity contribution in [3.8, 4) is 28.6 Å². The average Bonchev–Trinajstić information content (AvgIpc) is 2.83. The van der Waals surface area contributed by atoms with Gasteiger partial charge >= 0.3 is 0 Å². The number of hydrogen-bond acceptors (Lipinski definition) is 8. The van der Waals surface area contributed by atoms with Crippen molar-refractivity contribution in [1.82, 2.24) is 20.0 Å². The zero-order valence-corrected chi connectivity index (χ0v) is 19.8. The summed E-state index contributed by atoms with van der Waals surface area (Å²) in [5.74, 6) is 0.130.